The Hall–Kier alpha value is -2.19. The number of nitrogens with zero attached hydrogens (tertiary/aromatic N) is 2. The second kappa shape index (κ2) is 17.3. The Kier molecular flexibility index (Phi) is 14.3. The van der Waals surface area contributed by atoms with Gasteiger partial charge in [0.1, 0.15) is 5.03 Å². The van der Waals surface area contributed by atoms with E-state index in [-0.39, 0.29) is 43.6 Å². The van der Waals surface area contributed by atoms with Gasteiger partial charge in [0, 0.05) is 37.3 Å². The monoisotopic (exact) mass is 529 g/mol. The molecule has 2 rings (SSSR count). The van der Waals surface area contributed by atoms with Crippen LogP contribution < -0.4 is 5.32 Å². The standard InChI is InChI=1S/C22H31N3O8S2/c1-17(34-35-19-4-2-3-8-24-19)16-18(26)23-9-11-31-13-15-32-14-12-30-10-7-22(29)33-25-20(27)5-6-21(25)28/h2-4,8,17H,5-7,9-16H2,1H3,(H,23,26). The van der Waals surface area contributed by atoms with Gasteiger partial charge in [0.05, 0.1) is 46.1 Å². The van der Waals surface area contributed by atoms with Gasteiger partial charge in [-0.15, -0.1) is 5.06 Å². The van der Waals surface area contributed by atoms with Crippen molar-refractivity contribution in [3.8, 4) is 0 Å². The van der Waals surface area contributed by atoms with Crippen molar-refractivity contribution in [3.63, 3.8) is 0 Å². The first-order chi connectivity index (χ1) is 17.0. The van der Waals surface area contributed by atoms with Crippen LogP contribution in [0.5, 0.6) is 0 Å². The van der Waals surface area contributed by atoms with Crippen LogP contribution in [0.3, 0.4) is 0 Å². The first-order valence-corrected chi connectivity index (χ1v) is 13.5. The van der Waals surface area contributed by atoms with Crippen LogP contribution in [0.15, 0.2) is 29.4 Å². The van der Waals surface area contributed by atoms with Crippen LogP contribution in [0.2, 0.25) is 0 Å². The number of amides is 3. The highest BCUT2D eigenvalue weighted by molar-refractivity contribution is 8.76. The Morgan fingerprint density at radius 3 is 2.34 bits per heavy atom. The molecule has 0 spiro atoms. The fourth-order valence-electron chi connectivity index (χ4n) is 2.66. The van der Waals surface area contributed by atoms with Gasteiger partial charge in [-0.3, -0.25) is 14.4 Å². The van der Waals surface area contributed by atoms with E-state index in [2.05, 4.69) is 10.3 Å². The van der Waals surface area contributed by atoms with Gasteiger partial charge in [0.2, 0.25) is 5.91 Å². The predicted octanol–water partition coefficient (Wildman–Crippen LogP) is 1.76. The second-order valence-corrected chi connectivity index (χ2v) is 10.0. The molecule has 194 valence electrons. The van der Waals surface area contributed by atoms with E-state index in [1.54, 1.807) is 27.8 Å². The lowest BCUT2D eigenvalue weighted by atomic mass is 10.3. The summed E-state index contributed by atoms with van der Waals surface area (Å²) in [5.41, 5.74) is 0. The summed E-state index contributed by atoms with van der Waals surface area (Å²) in [7, 11) is 3.17. The molecule has 0 radical (unpaired) electrons. The van der Waals surface area contributed by atoms with Crippen molar-refractivity contribution in [1.82, 2.24) is 15.4 Å². The molecule has 3 amide bonds. The van der Waals surface area contributed by atoms with E-state index < -0.39 is 17.8 Å². The van der Waals surface area contributed by atoms with Gasteiger partial charge in [-0.25, -0.2) is 9.78 Å². The number of carbonyl (C=O) groups excluding carboxylic acids is 4. The van der Waals surface area contributed by atoms with E-state index in [9.17, 15) is 19.2 Å². The molecule has 1 aliphatic rings. The molecule has 0 saturated carbocycles. The fourth-order valence-corrected chi connectivity index (χ4v) is 4.67. The summed E-state index contributed by atoms with van der Waals surface area (Å²) in [6.07, 6.45) is 2.20. The predicted molar refractivity (Wildman–Crippen MR) is 129 cm³/mol. The number of pyridine rings is 1. The highest BCUT2D eigenvalue weighted by Crippen LogP contribution is 2.33. The molecule has 1 aliphatic heterocycles. The van der Waals surface area contributed by atoms with Gasteiger partial charge in [-0.05, 0) is 22.9 Å². The Morgan fingerprint density at radius 1 is 1.03 bits per heavy atom. The summed E-state index contributed by atoms with van der Waals surface area (Å²) < 4.78 is 16.0. The van der Waals surface area contributed by atoms with Gasteiger partial charge in [-0.2, -0.15) is 0 Å². The molecule has 2 heterocycles. The molecule has 1 atom stereocenters. The van der Waals surface area contributed by atoms with Crippen LogP contribution in [0.1, 0.15) is 32.6 Å². The van der Waals surface area contributed by atoms with E-state index in [0.717, 1.165) is 5.03 Å². The number of ether oxygens (including phenoxy) is 3. The minimum absolute atomic E-state index is 0.0221. The molecule has 1 unspecified atom stereocenters. The molecule has 1 aromatic rings. The van der Waals surface area contributed by atoms with Crippen LogP contribution >= 0.6 is 21.6 Å². The minimum Gasteiger partial charge on any atom is -0.378 e. The van der Waals surface area contributed by atoms with E-state index in [1.165, 1.54) is 0 Å². The van der Waals surface area contributed by atoms with Crippen LogP contribution in [0.25, 0.3) is 0 Å². The maximum Gasteiger partial charge on any atom is 0.335 e. The van der Waals surface area contributed by atoms with Gasteiger partial charge < -0.3 is 24.4 Å². The first kappa shape index (κ1) is 29.0. The quantitative estimate of drug-likeness (QED) is 0.169. The second-order valence-electron chi connectivity index (χ2n) is 7.34. The maximum absolute atomic E-state index is 12.0. The zero-order valence-corrected chi connectivity index (χ0v) is 21.3. The molecule has 0 aromatic carbocycles. The third-order valence-electron chi connectivity index (χ3n) is 4.37. The molecule has 0 aliphatic carbocycles. The number of rotatable bonds is 18. The topological polar surface area (TPSA) is 133 Å². The van der Waals surface area contributed by atoms with Crippen molar-refractivity contribution in [2.45, 2.75) is 42.9 Å². The summed E-state index contributed by atoms with van der Waals surface area (Å²) in [5, 5.41) is 4.42. The number of hydrogen-bond donors (Lipinski definition) is 1. The van der Waals surface area contributed by atoms with Crippen molar-refractivity contribution in [2.24, 2.45) is 0 Å². The lowest BCUT2D eigenvalue weighted by Crippen LogP contribution is -2.32. The summed E-state index contributed by atoms with van der Waals surface area (Å²) in [6.45, 7) is 4.27. The first-order valence-electron chi connectivity index (χ1n) is 11.3. The maximum atomic E-state index is 12.0. The van der Waals surface area contributed by atoms with Crippen LogP contribution in [0.4, 0.5) is 0 Å². The summed E-state index contributed by atoms with van der Waals surface area (Å²) in [4.78, 5) is 55.3. The number of hydroxylamine groups is 2. The molecular formula is C22H31N3O8S2. The average molecular weight is 530 g/mol. The third kappa shape index (κ3) is 12.9. The van der Waals surface area contributed by atoms with Gasteiger partial charge in [0.15, 0.2) is 0 Å². The van der Waals surface area contributed by atoms with E-state index in [0.29, 0.717) is 44.5 Å². The van der Waals surface area contributed by atoms with Crippen LogP contribution in [-0.4, -0.2) is 85.2 Å². The molecule has 1 saturated heterocycles. The number of carbonyl (C=O) groups is 4. The molecule has 11 nitrogen and oxygen atoms in total. The van der Waals surface area contributed by atoms with E-state index in [1.807, 2.05) is 25.1 Å². The highest BCUT2D eigenvalue weighted by Gasteiger charge is 2.32. The molecular weight excluding hydrogens is 498 g/mol. The van der Waals surface area contributed by atoms with Crippen molar-refractivity contribution < 1.29 is 38.2 Å². The van der Waals surface area contributed by atoms with E-state index >= 15 is 0 Å². The lowest BCUT2D eigenvalue weighted by Gasteiger charge is -2.12. The van der Waals surface area contributed by atoms with Crippen LogP contribution in [-0.2, 0) is 38.2 Å². The Morgan fingerprint density at radius 2 is 1.69 bits per heavy atom. The molecule has 13 heteroatoms. The zero-order chi connectivity index (χ0) is 25.3. The smallest absolute Gasteiger partial charge is 0.335 e. The summed E-state index contributed by atoms with van der Waals surface area (Å²) in [5.74, 6) is -1.75. The number of aromatic nitrogens is 1. The average Bonchev–Trinajstić information content (AvgIpc) is 3.16. The Labute approximate surface area is 212 Å². The van der Waals surface area contributed by atoms with Crippen molar-refractivity contribution in [1.29, 1.82) is 0 Å². The van der Waals surface area contributed by atoms with Crippen molar-refractivity contribution in [2.75, 3.05) is 46.2 Å². The molecule has 1 fully saturated rings. The van der Waals surface area contributed by atoms with Gasteiger partial charge in [-0.1, -0.05) is 23.8 Å². The SMILES string of the molecule is CC(CC(=O)NCCOCCOCCOCCC(=O)ON1C(=O)CCC1=O)SSc1ccccn1. The molecule has 0 bridgehead atoms. The largest absolute Gasteiger partial charge is 0.378 e. The fraction of sp³-hybridized carbons (Fsp3) is 0.591. The van der Waals surface area contributed by atoms with Crippen molar-refractivity contribution in [3.05, 3.63) is 24.4 Å². The third-order valence-corrected chi connectivity index (χ3v) is 7.16. The lowest BCUT2D eigenvalue weighted by molar-refractivity contribution is -0.198. The zero-order valence-electron chi connectivity index (χ0n) is 19.6. The van der Waals surface area contributed by atoms with E-state index in [4.69, 9.17) is 19.0 Å². The summed E-state index contributed by atoms with van der Waals surface area (Å²) >= 11 is 0. The summed E-state index contributed by atoms with van der Waals surface area (Å²) in [6, 6.07) is 5.73. The normalized spacial score (nSPS) is 14.3. The molecule has 1 aromatic heterocycles. The number of imide groups is 1. The van der Waals surface area contributed by atoms with Crippen LogP contribution in [0, 0.1) is 0 Å². The minimum atomic E-state index is -0.702. The van der Waals surface area contributed by atoms with Crippen molar-refractivity contribution >= 4 is 45.3 Å². The molecule has 1 N–H and O–H groups in total. The highest BCUT2D eigenvalue weighted by atomic mass is 33.1. The number of nitrogens with one attached hydrogen (secondary N) is 1. The Bertz CT molecular complexity index is 799. The Balaban J connectivity index is 1.34. The van der Waals surface area contributed by atoms with Gasteiger partial charge >= 0.3 is 5.97 Å². The number of hydrogen-bond acceptors (Lipinski definition) is 11. The van der Waals surface area contributed by atoms with Gasteiger partial charge in [0.25, 0.3) is 11.8 Å². The molecule has 35 heavy (non-hydrogen) atoms.